The molecule has 0 bridgehead atoms. The van der Waals surface area contributed by atoms with E-state index in [-0.39, 0.29) is 18.2 Å². The zero-order valence-corrected chi connectivity index (χ0v) is 13.8. The third kappa shape index (κ3) is 6.05. The molecule has 25 heavy (non-hydrogen) atoms. The van der Waals surface area contributed by atoms with Crippen LogP contribution in [0.3, 0.4) is 0 Å². The van der Waals surface area contributed by atoms with Crippen molar-refractivity contribution >= 4 is 17.7 Å². The molecule has 0 spiro atoms. The Balaban J connectivity index is 1.95. The van der Waals surface area contributed by atoms with Crippen molar-refractivity contribution in [3.63, 3.8) is 0 Å². The van der Waals surface area contributed by atoms with Crippen molar-refractivity contribution in [3.8, 4) is 0 Å². The number of alkyl halides is 2. The lowest BCUT2D eigenvalue weighted by Crippen LogP contribution is -2.31. The van der Waals surface area contributed by atoms with Gasteiger partial charge in [-0.15, -0.1) is 0 Å². The second-order valence-electron chi connectivity index (χ2n) is 5.84. The molecule has 5 N–H and O–H groups in total. The number of hydrogen-bond acceptors (Lipinski definition) is 7. The number of nitrogens with zero attached hydrogens (tertiary/aromatic N) is 2. The summed E-state index contributed by atoms with van der Waals surface area (Å²) in [4.78, 5) is 19.8. The Morgan fingerprint density at radius 2 is 2.12 bits per heavy atom. The lowest BCUT2D eigenvalue weighted by atomic mass is 9.93. The molecule has 0 aromatic carbocycles. The highest BCUT2D eigenvalue weighted by molar-refractivity contribution is 5.97. The number of rotatable bonds is 9. The van der Waals surface area contributed by atoms with Crippen LogP contribution in [0.25, 0.3) is 0 Å². The SMILES string of the molecule is NC(=O)c1cnc(NC2CCC(OC(F)F)CC2)nc1NCCCO. The number of aliphatic hydroxyl groups excluding tert-OH is 1. The highest BCUT2D eigenvalue weighted by Gasteiger charge is 2.24. The van der Waals surface area contributed by atoms with Crippen LogP contribution in [0.1, 0.15) is 42.5 Å². The highest BCUT2D eigenvalue weighted by Crippen LogP contribution is 2.25. The summed E-state index contributed by atoms with van der Waals surface area (Å²) < 4.78 is 29.0. The molecule has 8 nitrogen and oxygen atoms in total. The van der Waals surface area contributed by atoms with Crippen molar-refractivity contribution in [1.82, 2.24) is 9.97 Å². The number of carbonyl (C=O) groups is 1. The molecule has 1 aromatic heterocycles. The number of carbonyl (C=O) groups excluding carboxylic acids is 1. The number of hydrogen-bond donors (Lipinski definition) is 4. The van der Waals surface area contributed by atoms with E-state index in [1.54, 1.807) is 0 Å². The summed E-state index contributed by atoms with van der Waals surface area (Å²) in [6.07, 6.45) is 3.79. The maximum Gasteiger partial charge on any atom is 0.345 e. The van der Waals surface area contributed by atoms with E-state index in [9.17, 15) is 13.6 Å². The molecule has 0 saturated heterocycles. The van der Waals surface area contributed by atoms with Gasteiger partial charge in [0.1, 0.15) is 5.82 Å². The van der Waals surface area contributed by atoms with Gasteiger partial charge in [0.15, 0.2) is 0 Å². The van der Waals surface area contributed by atoms with Crippen molar-refractivity contribution in [1.29, 1.82) is 0 Å². The predicted octanol–water partition coefficient (Wildman–Crippen LogP) is 1.33. The summed E-state index contributed by atoms with van der Waals surface area (Å²) in [7, 11) is 0. The summed E-state index contributed by atoms with van der Waals surface area (Å²) in [5, 5.41) is 14.9. The summed E-state index contributed by atoms with van der Waals surface area (Å²) in [6, 6.07) is 0.0437. The van der Waals surface area contributed by atoms with E-state index in [0.717, 1.165) is 0 Å². The standard InChI is InChI=1S/C15H23F2N5O3/c16-14(17)25-10-4-2-9(3-5-10)21-15-20-8-11(12(18)24)13(22-15)19-6-1-7-23/h8-10,14,23H,1-7H2,(H2,18,24)(H2,19,20,21,22). The van der Waals surface area contributed by atoms with Gasteiger partial charge >= 0.3 is 6.61 Å². The summed E-state index contributed by atoms with van der Waals surface area (Å²) in [5.41, 5.74) is 5.47. The van der Waals surface area contributed by atoms with Crippen molar-refractivity contribution < 1.29 is 23.4 Å². The quantitative estimate of drug-likeness (QED) is 0.491. The number of ether oxygens (including phenoxy) is 1. The fraction of sp³-hybridized carbons (Fsp3) is 0.667. The van der Waals surface area contributed by atoms with Crippen molar-refractivity contribution in [2.75, 3.05) is 23.8 Å². The Labute approximate surface area is 144 Å². The molecule has 1 aliphatic rings. The van der Waals surface area contributed by atoms with E-state index < -0.39 is 18.6 Å². The van der Waals surface area contributed by atoms with Gasteiger partial charge in [0.25, 0.3) is 5.91 Å². The average molecular weight is 359 g/mol. The van der Waals surface area contributed by atoms with Crippen molar-refractivity contribution in [2.45, 2.75) is 50.9 Å². The Hall–Kier alpha value is -2.07. The molecule has 2 rings (SSSR count). The normalized spacial score (nSPS) is 20.5. The van der Waals surface area contributed by atoms with Crippen molar-refractivity contribution in [3.05, 3.63) is 11.8 Å². The largest absolute Gasteiger partial charge is 0.396 e. The second kappa shape index (κ2) is 9.42. The monoisotopic (exact) mass is 359 g/mol. The first-order chi connectivity index (χ1) is 12.0. The number of amides is 1. The van der Waals surface area contributed by atoms with Gasteiger partial charge < -0.3 is 26.2 Å². The summed E-state index contributed by atoms with van der Waals surface area (Å²) in [6.45, 7) is -2.30. The van der Waals surface area contributed by atoms with Gasteiger partial charge in [-0.25, -0.2) is 4.98 Å². The van der Waals surface area contributed by atoms with Crippen LogP contribution in [-0.4, -0.2) is 52.9 Å². The minimum Gasteiger partial charge on any atom is -0.396 e. The Bertz CT molecular complexity index is 568. The van der Waals surface area contributed by atoms with Gasteiger partial charge in [0.2, 0.25) is 5.95 Å². The fourth-order valence-corrected chi connectivity index (χ4v) is 2.72. The van der Waals surface area contributed by atoms with E-state index >= 15 is 0 Å². The highest BCUT2D eigenvalue weighted by atomic mass is 19.3. The van der Waals surface area contributed by atoms with Crippen LogP contribution in [0, 0.1) is 0 Å². The van der Waals surface area contributed by atoms with E-state index in [2.05, 4.69) is 25.3 Å². The molecular formula is C15H23F2N5O3. The van der Waals surface area contributed by atoms with Crippen LogP contribution >= 0.6 is 0 Å². The Morgan fingerprint density at radius 1 is 1.40 bits per heavy atom. The van der Waals surface area contributed by atoms with Gasteiger partial charge in [-0.3, -0.25) is 4.79 Å². The molecule has 1 amide bonds. The van der Waals surface area contributed by atoms with Gasteiger partial charge in [-0.05, 0) is 32.1 Å². The number of nitrogens with two attached hydrogens (primary N) is 1. The fourth-order valence-electron chi connectivity index (χ4n) is 2.72. The number of aliphatic hydroxyl groups is 1. The molecular weight excluding hydrogens is 336 g/mol. The minimum absolute atomic E-state index is 0.0129. The van der Waals surface area contributed by atoms with E-state index in [0.29, 0.717) is 50.4 Å². The van der Waals surface area contributed by atoms with Gasteiger partial charge in [0.05, 0.1) is 11.7 Å². The Kier molecular flexibility index (Phi) is 7.26. The second-order valence-corrected chi connectivity index (χ2v) is 5.84. The minimum atomic E-state index is -2.74. The number of halogens is 2. The molecule has 0 radical (unpaired) electrons. The average Bonchev–Trinajstić information content (AvgIpc) is 2.56. The van der Waals surface area contributed by atoms with E-state index in [4.69, 9.17) is 10.8 Å². The van der Waals surface area contributed by atoms with E-state index in [1.807, 2.05) is 0 Å². The van der Waals surface area contributed by atoms with Crippen LogP contribution in [0.5, 0.6) is 0 Å². The van der Waals surface area contributed by atoms with Gasteiger partial charge in [-0.2, -0.15) is 13.8 Å². The van der Waals surface area contributed by atoms with Crippen molar-refractivity contribution in [2.24, 2.45) is 5.73 Å². The van der Waals surface area contributed by atoms with Crippen LogP contribution in [-0.2, 0) is 4.74 Å². The number of anilines is 2. The van der Waals surface area contributed by atoms with Crippen LogP contribution in [0.2, 0.25) is 0 Å². The molecule has 0 aliphatic heterocycles. The van der Waals surface area contributed by atoms with Crippen LogP contribution in [0.15, 0.2) is 6.20 Å². The topological polar surface area (TPSA) is 122 Å². The zero-order chi connectivity index (χ0) is 18.2. The molecule has 0 unspecified atom stereocenters. The van der Waals surface area contributed by atoms with Gasteiger partial charge in [-0.1, -0.05) is 0 Å². The number of nitrogens with one attached hydrogen (secondary N) is 2. The molecule has 0 atom stereocenters. The number of primary amides is 1. The first-order valence-electron chi connectivity index (χ1n) is 8.21. The molecule has 140 valence electrons. The zero-order valence-electron chi connectivity index (χ0n) is 13.8. The first kappa shape index (κ1) is 19.3. The number of aromatic nitrogens is 2. The molecule has 1 heterocycles. The lowest BCUT2D eigenvalue weighted by Gasteiger charge is -2.28. The van der Waals surface area contributed by atoms with Crippen LogP contribution < -0.4 is 16.4 Å². The lowest BCUT2D eigenvalue weighted by molar-refractivity contribution is -0.169. The summed E-state index contributed by atoms with van der Waals surface area (Å²) in [5.74, 6) is -0.0226. The predicted molar refractivity (Wildman–Crippen MR) is 87.5 cm³/mol. The molecule has 1 aliphatic carbocycles. The third-order valence-electron chi connectivity index (χ3n) is 3.98. The molecule has 1 fully saturated rings. The van der Waals surface area contributed by atoms with E-state index in [1.165, 1.54) is 6.20 Å². The molecule has 1 saturated carbocycles. The Morgan fingerprint density at radius 3 is 2.72 bits per heavy atom. The third-order valence-corrected chi connectivity index (χ3v) is 3.98. The maximum absolute atomic E-state index is 12.2. The smallest absolute Gasteiger partial charge is 0.345 e. The summed E-state index contributed by atoms with van der Waals surface area (Å²) >= 11 is 0. The maximum atomic E-state index is 12.2. The molecule has 1 aromatic rings. The van der Waals surface area contributed by atoms with Crippen LogP contribution in [0.4, 0.5) is 20.5 Å². The van der Waals surface area contributed by atoms with Gasteiger partial charge in [0, 0.05) is 25.4 Å². The molecule has 10 heteroatoms. The first-order valence-corrected chi connectivity index (χ1v) is 8.21.